The lowest BCUT2D eigenvalue weighted by atomic mass is 10.4. The third kappa shape index (κ3) is 5.27. The van der Waals surface area contributed by atoms with Gasteiger partial charge in [0.15, 0.2) is 5.82 Å². The molecule has 3 rings (SSSR count). The molecule has 1 aliphatic heterocycles. The first kappa shape index (κ1) is 20.2. The Bertz CT molecular complexity index is 894. The molecule has 0 amide bonds. The van der Waals surface area contributed by atoms with Crippen LogP contribution in [-0.2, 0) is 14.8 Å². The van der Waals surface area contributed by atoms with Gasteiger partial charge in [-0.3, -0.25) is 5.10 Å². The summed E-state index contributed by atoms with van der Waals surface area (Å²) in [6.45, 7) is 4.59. The highest BCUT2D eigenvalue weighted by Crippen LogP contribution is 2.18. The van der Waals surface area contributed by atoms with E-state index in [2.05, 4.69) is 35.8 Å². The van der Waals surface area contributed by atoms with Crippen LogP contribution in [0.4, 0.5) is 23.7 Å². The molecule has 0 radical (unpaired) electrons. The summed E-state index contributed by atoms with van der Waals surface area (Å²) >= 11 is 0. The zero-order valence-corrected chi connectivity index (χ0v) is 17.0. The number of nitrogens with zero attached hydrogens (tertiary/aromatic N) is 6. The Morgan fingerprint density at radius 1 is 1.21 bits per heavy atom. The van der Waals surface area contributed by atoms with Gasteiger partial charge in [-0.2, -0.15) is 20.1 Å². The topological polar surface area (TPSA) is 141 Å². The first-order chi connectivity index (χ1) is 13.3. The Labute approximate surface area is 163 Å². The van der Waals surface area contributed by atoms with Gasteiger partial charge in [0.05, 0.1) is 19.0 Å². The van der Waals surface area contributed by atoms with Crippen molar-refractivity contribution in [1.82, 2.24) is 29.5 Å². The van der Waals surface area contributed by atoms with E-state index in [4.69, 9.17) is 4.74 Å². The van der Waals surface area contributed by atoms with Crippen LogP contribution < -0.4 is 15.5 Å². The van der Waals surface area contributed by atoms with Crippen molar-refractivity contribution in [3.05, 3.63) is 11.8 Å². The van der Waals surface area contributed by atoms with Gasteiger partial charge in [-0.05, 0) is 6.92 Å². The maximum absolute atomic E-state index is 11.9. The van der Waals surface area contributed by atoms with E-state index in [0.29, 0.717) is 50.0 Å². The molecule has 0 saturated carbocycles. The number of aromatic amines is 1. The average molecular weight is 411 g/mol. The molecule has 3 N–H and O–H groups in total. The molecule has 0 aliphatic carbocycles. The number of morpholine rings is 1. The van der Waals surface area contributed by atoms with Crippen molar-refractivity contribution in [3.63, 3.8) is 0 Å². The van der Waals surface area contributed by atoms with Crippen molar-refractivity contribution < 1.29 is 13.2 Å². The quantitative estimate of drug-likeness (QED) is 0.534. The summed E-state index contributed by atoms with van der Waals surface area (Å²) in [6, 6.07) is 1.83. The summed E-state index contributed by atoms with van der Waals surface area (Å²) < 4.78 is 30.4. The molecule has 0 atom stereocenters. The number of aryl methyl sites for hydroxylation is 1. The highest BCUT2D eigenvalue weighted by Gasteiger charge is 2.18. The maximum Gasteiger partial charge on any atom is 0.235 e. The fraction of sp³-hybridized carbons (Fsp3) is 0.600. The van der Waals surface area contributed by atoms with Gasteiger partial charge >= 0.3 is 0 Å². The lowest BCUT2D eigenvalue weighted by molar-refractivity contribution is 0.122. The van der Waals surface area contributed by atoms with Gasteiger partial charge in [-0.1, -0.05) is 0 Å². The molecule has 13 heteroatoms. The summed E-state index contributed by atoms with van der Waals surface area (Å²) in [5.74, 6) is 1.62. The summed E-state index contributed by atoms with van der Waals surface area (Å²) in [4.78, 5) is 15.2. The Kier molecular flexibility index (Phi) is 6.26. The molecule has 3 heterocycles. The minimum absolute atomic E-state index is 0.0696. The lowest BCUT2D eigenvalue weighted by Gasteiger charge is -2.27. The molecule has 1 fully saturated rings. The van der Waals surface area contributed by atoms with Crippen LogP contribution >= 0.6 is 0 Å². The monoisotopic (exact) mass is 411 g/mol. The van der Waals surface area contributed by atoms with Crippen LogP contribution in [-0.4, -0.2) is 90.6 Å². The highest BCUT2D eigenvalue weighted by atomic mass is 32.2. The van der Waals surface area contributed by atoms with Gasteiger partial charge < -0.3 is 20.3 Å². The van der Waals surface area contributed by atoms with Crippen molar-refractivity contribution >= 4 is 33.7 Å². The van der Waals surface area contributed by atoms with Crippen LogP contribution in [0.15, 0.2) is 6.07 Å². The van der Waals surface area contributed by atoms with Crippen LogP contribution in [0.25, 0.3) is 0 Å². The SMILES string of the molecule is Cc1cc(Nc2nc(NCCS(=O)(=O)N(C)C)nc(N3CCOCC3)n2)n[nH]1. The lowest BCUT2D eigenvalue weighted by Crippen LogP contribution is -2.37. The molecule has 0 bridgehead atoms. The second-order valence-electron chi connectivity index (χ2n) is 6.47. The van der Waals surface area contributed by atoms with Gasteiger partial charge in [-0.15, -0.1) is 0 Å². The van der Waals surface area contributed by atoms with Gasteiger partial charge in [0.2, 0.25) is 27.9 Å². The molecule has 0 spiro atoms. The standard InChI is InChI=1S/C15H25N9O3S/c1-11-10-12(22-21-11)17-14-18-13(16-4-9-28(25,26)23(2)3)19-15(20-14)24-5-7-27-8-6-24/h10H,4-9H2,1-3H3,(H3,16,17,18,19,20,21,22). The largest absolute Gasteiger partial charge is 0.378 e. The maximum atomic E-state index is 11.9. The first-order valence-corrected chi connectivity index (χ1v) is 10.5. The normalized spacial score (nSPS) is 15.1. The average Bonchev–Trinajstić information content (AvgIpc) is 3.06. The first-order valence-electron chi connectivity index (χ1n) is 8.85. The molecule has 0 unspecified atom stereocenters. The minimum atomic E-state index is -3.31. The van der Waals surface area contributed by atoms with Crippen LogP contribution in [0.2, 0.25) is 0 Å². The van der Waals surface area contributed by atoms with Crippen molar-refractivity contribution in [2.45, 2.75) is 6.92 Å². The third-order valence-corrected chi connectivity index (χ3v) is 5.90. The molecule has 154 valence electrons. The number of hydrogen-bond acceptors (Lipinski definition) is 10. The third-order valence-electron chi connectivity index (χ3n) is 4.06. The molecule has 1 saturated heterocycles. The molecule has 0 aromatic carbocycles. The number of anilines is 4. The predicted octanol–water partition coefficient (Wildman–Crippen LogP) is -0.213. The number of rotatable bonds is 8. The number of nitrogens with one attached hydrogen (secondary N) is 3. The van der Waals surface area contributed by atoms with Gasteiger partial charge in [-0.25, -0.2) is 12.7 Å². The zero-order valence-electron chi connectivity index (χ0n) is 16.1. The van der Waals surface area contributed by atoms with Gasteiger partial charge in [0.25, 0.3) is 0 Å². The second-order valence-corrected chi connectivity index (χ2v) is 8.77. The predicted molar refractivity (Wildman–Crippen MR) is 105 cm³/mol. The van der Waals surface area contributed by atoms with E-state index in [1.54, 1.807) is 0 Å². The molecule has 2 aromatic heterocycles. The Morgan fingerprint density at radius 3 is 2.57 bits per heavy atom. The van der Waals surface area contributed by atoms with Gasteiger partial charge in [0, 0.05) is 45.5 Å². The smallest absolute Gasteiger partial charge is 0.235 e. The van der Waals surface area contributed by atoms with Crippen molar-refractivity contribution in [3.8, 4) is 0 Å². The van der Waals surface area contributed by atoms with Crippen LogP contribution in [0.3, 0.4) is 0 Å². The van der Waals surface area contributed by atoms with E-state index in [9.17, 15) is 8.42 Å². The van der Waals surface area contributed by atoms with E-state index in [1.807, 2.05) is 17.9 Å². The number of hydrogen-bond donors (Lipinski definition) is 3. The van der Waals surface area contributed by atoms with Crippen molar-refractivity contribution in [2.75, 3.05) is 68.2 Å². The fourth-order valence-corrected chi connectivity index (χ4v) is 3.20. The van der Waals surface area contributed by atoms with E-state index in [0.717, 1.165) is 5.69 Å². The molecule has 2 aromatic rings. The molecule has 28 heavy (non-hydrogen) atoms. The minimum Gasteiger partial charge on any atom is -0.378 e. The Balaban J connectivity index is 1.78. The van der Waals surface area contributed by atoms with Gasteiger partial charge in [0.1, 0.15) is 0 Å². The van der Waals surface area contributed by atoms with Crippen molar-refractivity contribution in [2.24, 2.45) is 0 Å². The number of sulfonamides is 1. The number of aromatic nitrogens is 5. The van der Waals surface area contributed by atoms with E-state index in [-0.39, 0.29) is 12.3 Å². The molecule has 1 aliphatic rings. The summed E-state index contributed by atoms with van der Waals surface area (Å²) in [6.07, 6.45) is 0. The second kappa shape index (κ2) is 8.67. The Morgan fingerprint density at radius 2 is 1.93 bits per heavy atom. The molecular weight excluding hydrogens is 386 g/mol. The van der Waals surface area contributed by atoms with Crippen molar-refractivity contribution in [1.29, 1.82) is 0 Å². The Hall–Kier alpha value is -2.51. The molecular formula is C15H25N9O3S. The summed E-state index contributed by atoms with van der Waals surface area (Å²) in [5, 5.41) is 13.0. The molecule has 12 nitrogen and oxygen atoms in total. The summed E-state index contributed by atoms with van der Waals surface area (Å²) in [7, 11) is -0.307. The zero-order chi connectivity index (χ0) is 20.1. The van der Waals surface area contributed by atoms with E-state index >= 15 is 0 Å². The van der Waals surface area contributed by atoms with Crippen LogP contribution in [0.5, 0.6) is 0 Å². The van der Waals surface area contributed by atoms with E-state index in [1.165, 1.54) is 18.4 Å². The highest BCUT2D eigenvalue weighted by molar-refractivity contribution is 7.89. The summed E-state index contributed by atoms with van der Waals surface area (Å²) in [5.41, 5.74) is 0.900. The fourth-order valence-electron chi connectivity index (χ4n) is 2.48. The number of ether oxygens (including phenoxy) is 1. The van der Waals surface area contributed by atoms with Crippen LogP contribution in [0, 0.1) is 6.92 Å². The number of H-pyrrole nitrogens is 1. The van der Waals surface area contributed by atoms with E-state index < -0.39 is 10.0 Å². The van der Waals surface area contributed by atoms with Crippen LogP contribution in [0.1, 0.15) is 5.69 Å².